The van der Waals surface area contributed by atoms with Crippen LogP contribution in [0.1, 0.15) is 0 Å². The third-order valence-electron chi connectivity index (χ3n) is 2.55. The summed E-state index contributed by atoms with van der Waals surface area (Å²) in [6.45, 7) is 0. The van der Waals surface area contributed by atoms with E-state index in [-0.39, 0.29) is 0 Å². The van der Waals surface area contributed by atoms with E-state index in [1.165, 1.54) is 0 Å². The van der Waals surface area contributed by atoms with Gasteiger partial charge in [-0.1, -0.05) is 23.2 Å². The Balaban J connectivity index is 2.78. The summed E-state index contributed by atoms with van der Waals surface area (Å²) in [7, 11) is 5.74. The predicted octanol–water partition coefficient (Wildman–Crippen LogP) is 3.65. The summed E-state index contributed by atoms with van der Waals surface area (Å²) in [6.07, 6.45) is 0. The van der Waals surface area contributed by atoms with Crippen LogP contribution in [0.2, 0.25) is 10.0 Å². The zero-order valence-electron chi connectivity index (χ0n) is 9.88. The van der Waals surface area contributed by atoms with Crippen LogP contribution in [0.5, 0.6) is 0 Å². The van der Waals surface area contributed by atoms with Gasteiger partial charge in [-0.2, -0.15) is 0 Å². The lowest BCUT2D eigenvalue weighted by molar-refractivity contribution is 1.07. The third kappa shape index (κ3) is 2.26. The molecule has 0 spiro atoms. The number of hydrogen-bond donors (Lipinski definition) is 1. The molecule has 0 radical (unpaired) electrons. The second kappa shape index (κ2) is 4.59. The number of aromatic nitrogens is 1. The van der Waals surface area contributed by atoms with Gasteiger partial charge in [-0.3, -0.25) is 0 Å². The van der Waals surface area contributed by atoms with Gasteiger partial charge < -0.3 is 10.2 Å². The molecule has 2 rings (SSSR count). The van der Waals surface area contributed by atoms with E-state index in [0.717, 1.165) is 22.4 Å². The number of pyridine rings is 1. The van der Waals surface area contributed by atoms with E-state index >= 15 is 0 Å². The molecular weight excluding hydrogens is 257 g/mol. The molecule has 0 saturated carbocycles. The molecule has 1 N–H and O–H groups in total. The first kappa shape index (κ1) is 12.3. The largest absolute Gasteiger partial charge is 0.373 e. The van der Waals surface area contributed by atoms with Crippen LogP contribution in [0.25, 0.3) is 10.8 Å². The highest BCUT2D eigenvalue weighted by molar-refractivity contribution is 6.43. The van der Waals surface area contributed by atoms with Crippen molar-refractivity contribution >= 4 is 45.6 Å². The second-order valence-electron chi connectivity index (χ2n) is 3.96. The number of benzene rings is 1. The number of hydrogen-bond acceptors (Lipinski definition) is 3. The third-order valence-corrected chi connectivity index (χ3v) is 3.28. The first-order valence-corrected chi connectivity index (χ1v) is 5.93. The lowest BCUT2D eigenvalue weighted by Gasteiger charge is -2.15. The summed E-state index contributed by atoms with van der Waals surface area (Å²) in [5.74, 6) is 1.67. The fourth-order valence-corrected chi connectivity index (χ4v) is 1.99. The van der Waals surface area contributed by atoms with Gasteiger partial charge in [-0.05, 0) is 23.6 Å². The predicted molar refractivity (Wildman–Crippen MR) is 75.6 cm³/mol. The van der Waals surface area contributed by atoms with Gasteiger partial charge >= 0.3 is 0 Å². The van der Waals surface area contributed by atoms with Gasteiger partial charge in [-0.25, -0.2) is 4.98 Å². The van der Waals surface area contributed by atoms with Gasteiger partial charge in [0.25, 0.3) is 0 Å². The maximum Gasteiger partial charge on any atom is 0.136 e. The molecule has 0 atom stereocenters. The number of nitrogens with one attached hydrogen (secondary N) is 1. The number of rotatable bonds is 2. The van der Waals surface area contributed by atoms with Crippen LogP contribution >= 0.6 is 23.2 Å². The first-order valence-electron chi connectivity index (χ1n) is 5.18. The van der Waals surface area contributed by atoms with Crippen LogP contribution in [-0.4, -0.2) is 26.1 Å². The number of anilines is 2. The van der Waals surface area contributed by atoms with Crippen molar-refractivity contribution in [3.8, 4) is 0 Å². The Morgan fingerprint density at radius 2 is 1.76 bits per heavy atom. The molecule has 0 aliphatic rings. The molecule has 0 saturated heterocycles. The van der Waals surface area contributed by atoms with Gasteiger partial charge in [0.15, 0.2) is 0 Å². The number of fused-ring (bicyclic) bond motifs is 1. The van der Waals surface area contributed by atoms with Crippen LogP contribution in [0.3, 0.4) is 0 Å². The Morgan fingerprint density at radius 1 is 1.12 bits per heavy atom. The van der Waals surface area contributed by atoms with Crippen LogP contribution < -0.4 is 10.2 Å². The molecule has 0 bridgehead atoms. The highest BCUT2D eigenvalue weighted by Crippen LogP contribution is 2.32. The van der Waals surface area contributed by atoms with Gasteiger partial charge in [0.05, 0.1) is 10.0 Å². The molecule has 0 aliphatic heterocycles. The summed E-state index contributed by atoms with van der Waals surface area (Å²) in [5.41, 5.74) is 0. The fourth-order valence-electron chi connectivity index (χ4n) is 1.65. The molecule has 0 aliphatic carbocycles. The van der Waals surface area contributed by atoms with Gasteiger partial charge in [0, 0.05) is 26.5 Å². The van der Waals surface area contributed by atoms with Crippen molar-refractivity contribution in [1.82, 2.24) is 4.98 Å². The number of halogens is 2. The molecule has 0 unspecified atom stereocenters. The zero-order chi connectivity index (χ0) is 12.6. The maximum atomic E-state index is 6.03. The van der Waals surface area contributed by atoms with Crippen LogP contribution in [-0.2, 0) is 0 Å². The zero-order valence-corrected chi connectivity index (χ0v) is 11.4. The first-order chi connectivity index (χ1) is 8.02. The molecule has 0 amide bonds. The topological polar surface area (TPSA) is 28.2 Å². The van der Waals surface area contributed by atoms with E-state index < -0.39 is 0 Å². The summed E-state index contributed by atoms with van der Waals surface area (Å²) in [4.78, 5) is 6.45. The van der Waals surface area contributed by atoms with Crippen LogP contribution in [0.15, 0.2) is 18.2 Å². The molecule has 3 nitrogen and oxygen atoms in total. The normalized spacial score (nSPS) is 10.6. The van der Waals surface area contributed by atoms with Crippen LogP contribution in [0.4, 0.5) is 11.6 Å². The highest BCUT2D eigenvalue weighted by Gasteiger charge is 2.09. The molecule has 1 aromatic carbocycles. The second-order valence-corrected chi connectivity index (χ2v) is 4.78. The van der Waals surface area contributed by atoms with E-state index in [1.54, 1.807) is 0 Å². The standard InChI is InChI=1S/C12H13Cl2N3/c1-15-12-8-6-10(14)9(13)4-7(8)5-11(16-12)17(2)3/h4-6H,1-3H3,(H,15,16). The Labute approximate surface area is 110 Å². The molecule has 2 aromatic rings. The molecular formula is C12H13Cl2N3. The van der Waals surface area contributed by atoms with E-state index in [0.29, 0.717) is 10.0 Å². The smallest absolute Gasteiger partial charge is 0.136 e. The van der Waals surface area contributed by atoms with E-state index in [4.69, 9.17) is 23.2 Å². The van der Waals surface area contributed by atoms with Crippen molar-refractivity contribution in [2.45, 2.75) is 0 Å². The van der Waals surface area contributed by atoms with Crippen molar-refractivity contribution in [3.05, 3.63) is 28.2 Å². The molecule has 5 heteroatoms. The monoisotopic (exact) mass is 269 g/mol. The van der Waals surface area contributed by atoms with Gasteiger partial charge in [0.1, 0.15) is 11.6 Å². The van der Waals surface area contributed by atoms with E-state index in [1.807, 2.05) is 44.2 Å². The minimum atomic E-state index is 0.537. The van der Waals surface area contributed by atoms with Crippen molar-refractivity contribution in [1.29, 1.82) is 0 Å². The SMILES string of the molecule is CNc1nc(N(C)C)cc2cc(Cl)c(Cl)cc12. The Kier molecular flexibility index (Phi) is 3.31. The van der Waals surface area contributed by atoms with Gasteiger partial charge in [-0.15, -0.1) is 0 Å². The van der Waals surface area contributed by atoms with Crippen LogP contribution in [0, 0.1) is 0 Å². The van der Waals surface area contributed by atoms with Crippen molar-refractivity contribution in [2.75, 3.05) is 31.4 Å². The van der Waals surface area contributed by atoms with Crippen molar-refractivity contribution < 1.29 is 0 Å². The maximum absolute atomic E-state index is 6.03. The summed E-state index contributed by atoms with van der Waals surface area (Å²) >= 11 is 12.0. The number of nitrogens with zero attached hydrogens (tertiary/aromatic N) is 2. The van der Waals surface area contributed by atoms with E-state index in [9.17, 15) is 0 Å². The average Bonchev–Trinajstić information content (AvgIpc) is 2.29. The quantitative estimate of drug-likeness (QED) is 0.902. The fraction of sp³-hybridized carbons (Fsp3) is 0.250. The average molecular weight is 270 g/mol. The Bertz CT molecular complexity index is 567. The summed E-state index contributed by atoms with van der Waals surface area (Å²) in [6, 6.07) is 5.67. The lowest BCUT2D eigenvalue weighted by atomic mass is 10.1. The molecule has 1 heterocycles. The summed E-state index contributed by atoms with van der Waals surface area (Å²) < 4.78 is 0. The summed E-state index contributed by atoms with van der Waals surface area (Å²) in [5, 5.41) is 6.14. The minimum Gasteiger partial charge on any atom is -0.373 e. The highest BCUT2D eigenvalue weighted by atomic mass is 35.5. The molecule has 1 aromatic heterocycles. The molecule has 0 fully saturated rings. The van der Waals surface area contributed by atoms with Crippen molar-refractivity contribution in [2.24, 2.45) is 0 Å². The Hall–Kier alpha value is -1.19. The minimum absolute atomic E-state index is 0.537. The molecule has 90 valence electrons. The van der Waals surface area contributed by atoms with Crippen molar-refractivity contribution in [3.63, 3.8) is 0 Å². The Morgan fingerprint density at radius 3 is 2.35 bits per heavy atom. The van der Waals surface area contributed by atoms with E-state index in [2.05, 4.69) is 10.3 Å². The van der Waals surface area contributed by atoms with Gasteiger partial charge in [0.2, 0.25) is 0 Å². The molecule has 17 heavy (non-hydrogen) atoms. The lowest BCUT2D eigenvalue weighted by Crippen LogP contribution is -2.11.